The smallest absolute Gasteiger partial charge is 0.282 e. The molecule has 6 heteroatoms. The number of imide groups is 1. The number of aryl methyl sites for hydroxylation is 3. The van der Waals surface area contributed by atoms with Gasteiger partial charge in [0.25, 0.3) is 11.8 Å². The number of hydrogen-bond acceptors (Lipinski definition) is 4. The Hall–Kier alpha value is -2.63. The lowest BCUT2D eigenvalue weighted by atomic mass is 9.99. The molecule has 2 aliphatic heterocycles. The Morgan fingerprint density at radius 3 is 2.16 bits per heavy atom. The number of hydrogen-bond donors (Lipinski definition) is 0. The molecule has 0 bridgehead atoms. The number of anilines is 1. The van der Waals surface area contributed by atoms with E-state index in [4.69, 9.17) is 11.6 Å². The van der Waals surface area contributed by atoms with E-state index in [2.05, 4.69) is 16.7 Å². The van der Waals surface area contributed by atoms with Crippen LogP contribution >= 0.6 is 11.6 Å². The van der Waals surface area contributed by atoms with Gasteiger partial charge in [0.05, 0.1) is 11.3 Å². The van der Waals surface area contributed by atoms with Gasteiger partial charge in [-0.2, -0.15) is 0 Å². The van der Waals surface area contributed by atoms with Crippen LogP contribution in [0.2, 0.25) is 5.02 Å². The van der Waals surface area contributed by atoms with Crippen molar-refractivity contribution in [3.63, 3.8) is 0 Å². The molecule has 0 N–H and O–H groups in total. The van der Waals surface area contributed by atoms with Crippen LogP contribution in [-0.2, 0) is 9.59 Å². The second kappa shape index (κ2) is 8.48. The number of amides is 2. The van der Waals surface area contributed by atoms with Crippen molar-refractivity contribution in [3.05, 3.63) is 69.4 Å². The number of likely N-dealkylation sites (N-methyl/N-ethyl adjacent to an activating group) is 1. The minimum atomic E-state index is -0.272. The molecular formula is C25H28ClN3O2. The number of halogens is 1. The molecule has 4 rings (SSSR count). The Kier molecular flexibility index (Phi) is 5.91. The second-order valence-electron chi connectivity index (χ2n) is 8.32. The van der Waals surface area contributed by atoms with Crippen LogP contribution in [0.15, 0.2) is 42.1 Å². The first-order valence-corrected chi connectivity index (χ1v) is 11.1. The molecule has 1 fully saturated rings. The van der Waals surface area contributed by atoms with Gasteiger partial charge in [-0.3, -0.25) is 9.59 Å². The van der Waals surface area contributed by atoms with E-state index >= 15 is 0 Å². The van der Waals surface area contributed by atoms with Crippen molar-refractivity contribution in [3.8, 4) is 0 Å². The van der Waals surface area contributed by atoms with Crippen LogP contribution in [0.5, 0.6) is 0 Å². The first kappa shape index (κ1) is 21.6. The van der Waals surface area contributed by atoms with E-state index in [0.29, 0.717) is 22.0 Å². The van der Waals surface area contributed by atoms with E-state index in [9.17, 15) is 9.59 Å². The maximum absolute atomic E-state index is 13.7. The molecule has 162 valence electrons. The Morgan fingerprint density at radius 2 is 1.55 bits per heavy atom. The summed E-state index contributed by atoms with van der Waals surface area (Å²) >= 11 is 6.12. The Labute approximate surface area is 188 Å². The zero-order chi connectivity index (χ0) is 22.3. The summed E-state index contributed by atoms with van der Waals surface area (Å²) < 4.78 is 0. The van der Waals surface area contributed by atoms with Crippen molar-refractivity contribution >= 4 is 34.7 Å². The molecule has 2 aliphatic rings. The van der Waals surface area contributed by atoms with Crippen LogP contribution in [-0.4, -0.2) is 54.3 Å². The Balaban J connectivity index is 1.82. The van der Waals surface area contributed by atoms with Crippen molar-refractivity contribution < 1.29 is 9.59 Å². The third-order valence-electron chi connectivity index (χ3n) is 6.39. The predicted molar refractivity (Wildman–Crippen MR) is 125 cm³/mol. The maximum atomic E-state index is 13.7. The quantitative estimate of drug-likeness (QED) is 0.673. The van der Waals surface area contributed by atoms with E-state index < -0.39 is 0 Å². The highest BCUT2D eigenvalue weighted by Gasteiger charge is 2.43. The second-order valence-corrected chi connectivity index (χ2v) is 8.76. The molecular weight excluding hydrogens is 410 g/mol. The van der Waals surface area contributed by atoms with Crippen LogP contribution in [0, 0.1) is 20.8 Å². The summed E-state index contributed by atoms with van der Waals surface area (Å²) in [4.78, 5) is 33.2. The van der Waals surface area contributed by atoms with Gasteiger partial charge in [0.15, 0.2) is 0 Å². The largest absolute Gasteiger partial charge is 0.364 e. The lowest BCUT2D eigenvalue weighted by Crippen LogP contribution is -2.47. The average molecular weight is 438 g/mol. The Morgan fingerprint density at radius 1 is 0.839 bits per heavy atom. The first-order chi connectivity index (χ1) is 14.8. The summed E-state index contributed by atoms with van der Waals surface area (Å²) in [5.41, 5.74) is 5.44. The minimum absolute atomic E-state index is 0.256. The van der Waals surface area contributed by atoms with E-state index in [-0.39, 0.29) is 11.8 Å². The topological polar surface area (TPSA) is 43.9 Å². The van der Waals surface area contributed by atoms with Gasteiger partial charge in [-0.25, -0.2) is 4.90 Å². The number of piperazine rings is 1. The molecule has 2 amide bonds. The van der Waals surface area contributed by atoms with Gasteiger partial charge >= 0.3 is 0 Å². The molecule has 5 nitrogen and oxygen atoms in total. The van der Waals surface area contributed by atoms with Gasteiger partial charge in [0.1, 0.15) is 5.70 Å². The van der Waals surface area contributed by atoms with Crippen LogP contribution in [0.25, 0.3) is 5.57 Å². The number of nitrogens with zero attached hydrogens (tertiary/aromatic N) is 3. The van der Waals surface area contributed by atoms with Gasteiger partial charge in [-0.05, 0) is 67.8 Å². The van der Waals surface area contributed by atoms with Crippen molar-refractivity contribution in [2.45, 2.75) is 27.7 Å². The molecule has 0 radical (unpaired) electrons. The third-order valence-corrected chi connectivity index (χ3v) is 6.63. The van der Waals surface area contributed by atoms with Crippen LogP contribution in [0.4, 0.5) is 5.69 Å². The fourth-order valence-electron chi connectivity index (χ4n) is 4.34. The molecule has 1 saturated heterocycles. The zero-order valence-electron chi connectivity index (χ0n) is 18.5. The number of benzene rings is 2. The van der Waals surface area contributed by atoms with Crippen molar-refractivity contribution in [2.75, 3.05) is 37.6 Å². The fraction of sp³-hybridized carbons (Fsp3) is 0.360. The minimum Gasteiger partial charge on any atom is -0.364 e. The van der Waals surface area contributed by atoms with Crippen LogP contribution in [0.3, 0.4) is 0 Å². The lowest BCUT2D eigenvalue weighted by Gasteiger charge is -2.36. The highest BCUT2D eigenvalue weighted by molar-refractivity contribution is 6.45. The maximum Gasteiger partial charge on any atom is 0.282 e. The zero-order valence-corrected chi connectivity index (χ0v) is 19.3. The SMILES string of the molecule is CCN1CCN(C2=C(c3ccc(C)c(C)c3)C(=O)N(c3ccc(Cl)cc3C)C2=O)CC1. The van der Waals surface area contributed by atoms with Gasteiger partial charge in [-0.15, -0.1) is 0 Å². The number of rotatable bonds is 4. The molecule has 0 aliphatic carbocycles. The van der Waals surface area contributed by atoms with Gasteiger partial charge in [0, 0.05) is 31.2 Å². The molecule has 2 heterocycles. The molecule has 0 unspecified atom stereocenters. The molecule has 0 atom stereocenters. The highest BCUT2D eigenvalue weighted by Crippen LogP contribution is 2.37. The fourth-order valence-corrected chi connectivity index (χ4v) is 4.57. The highest BCUT2D eigenvalue weighted by atomic mass is 35.5. The average Bonchev–Trinajstić information content (AvgIpc) is 3.00. The van der Waals surface area contributed by atoms with Crippen LogP contribution in [0.1, 0.15) is 29.2 Å². The first-order valence-electron chi connectivity index (χ1n) is 10.8. The summed E-state index contributed by atoms with van der Waals surface area (Å²) in [6.45, 7) is 12.3. The molecule has 31 heavy (non-hydrogen) atoms. The van der Waals surface area contributed by atoms with Gasteiger partial charge < -0.3 is 9.80 Å². The standard InChI is InChI=1S/C25H28ClN3O2/c1-5-27-10-12-28(13-11-27)23-22(19-7-6-16(2)17(3)14-19)24(30)29(25(23)31)21-9-8-20(26)15-18(21)4/h6-9,14-15H,5,10-13H2,1-4H3. The van der Waals surface area contributed by atoms with Crippen molar-refractivity contribution in [1.29, 1.82) is 0 Å². The number of carbonyl (C=O) groups is 2. The lowest BCUT2D eigenvalue weighted by molar-refractivity contribution is -0.120. The number of carbonyl (C=O) groups excluding carboxylic acids is 2. The monoisotopic (exact) mass is 437 g/mol. The van der Waals surface area contributed by atoms with Crippen LogP contribution < -0.4 is 4.90 Å². The summed E-state index contributed by atoms with van der Waals surface area (Å²) in [6, 6.07) is 11.2. The van der Waals surface area contributed by atoms with E-state index in [1.807, 2.05) is 39.0 Å². The molecule has 2 aromatic carbocycles. The summed E-state index contributed by atoms with van der Waals surface area (Å²) in [5, 5.41) is 0.582. The van der Waals surface area contributed by atoms with E-state index in [1.165, 1.54) is 4.90 Å². The molecule has 0 aromatic heterocycles. The van der Waals surface area contributed by atoms with Crippen molar-refractivity contribution in [2.24, 2.45) is 0 Å². The third kappa shape index (κ3) is 3.88. The summed E-state index contributed by atoms with van der Waals surface area (Å²) in [6.07, 6.45) is 0. The predicted octanol–water partition coefficient (Wildman–Crippen LogP) is 4.19. The summed E-state index contributed by atoms with van der Waals surface area (Å²) in [5.74, 6) is -0.528. The normalized spacial score (nSPS) is 17.8. The van der Waals surface area contributed by atoms with Gasteiger partial charge in [-0.1, -0.05) is 36.7 Å². The molecule has 0 spiro atoms. The Bertz CT molecular complexity index is 1080. The molecule has 0 saturated carbocycles. The summed E-state index contributed by atoms with van der Waals surface area (Å²) in [7, 11) is 0. The van der Waals surface area contributed by atoms with E-state index in [0.717, 1.165) is 55.0 Å². The van der Waals surface area contributed by atoms with E-state index in [1.54, 1.807) is 18.2 Å². The van der Waals surface area contributed by atoms with Crippen molar-refractivity contribution in [1.82, 2.24) is 9.80 Å². The van der Waals surface area contributed by atoms with Gasteiger partial charge in [0.2, 0.25) is 0 Å². The molecule has 2 aromatic rings.